The van der Waals surface area contributed by atoms with Gasteiger partial charge in [0.05, 0.1) is 46.8 Å². The van der Waals surface area contributed by atoms with Gasteiger partial charge in [0, 0.05) is 16.7 Å². The van der Waals surface area contributed by atoms with E-state index in [2.05, 4.69) is 21.5 Å². The highest BCUT2D eigenvalue weighted by Gasteiger charge is 2.69. The van der Waals surface area contributed by atoms with E-state index in [1.165, 1.54) is 17.9 Å². The molecule has 3 heterocycles. The molecule has 46 heavy (non-hydrogen) atoms. The average molecular weight is 692 g/mol. The Balaban J connectivity index is 1.98. The number of benzene rings is 2. The van der Waals surface area contributed by atoms with Gasteiger partial charge in [-0.05, 0) is 25.1 Å². The fraction of sp³-hybridized carbons (Fsp3) is 0.185. The maximum atomic E-state index is 16.7. The topological polar surface area (TPSA) is 136 Å². The highest BCUT2D eigenvalue weighted by atomic mass is 32.5. The fourth-order valence-electron chi connectivity index (χ4n) is 5.09. The number of aromatic nitrogens is 3. The van der Waals surface area contributed by atoms with Crippen molar-refractivity contribution in [2.75, 3.05) is 30.9 Å². The minimum atomic E-state index is -11.0. The molecule has 4 aromatic rings. The third kappa shape index (κ3) is 5.62. The number of hydrogen-bond acceptors (Lipinski definition) is 10. The lowest BCUT2D eigenvalue weighted by molar-refractivity contribution is 0.306. The Morgan fingerprint density at radius 1 is 1.20 bits per heavy atom. The largest absolute Gasteiger partial charge is 0.489 e. The summed E-state index contributed by atoms with van der Waals surface area (Å²) in [6, 6.07) is 1.93. The van der Waals surface area contributed by atoms with Gasteiger partial charge in [0.2, 0.25) is 0 Å². The van der Waals surface area contributed by atoms with Gasteiger partial charge in [-0.2, -0.15) is 15.2 Å². The second kappa shape index (κ2) is 10.4. The first-order chi connectivity index (χ1) is 21.3. The minimum absolute atomic E-state index is 0.0377. The summed E-state index contributed by atoms with van der Waals surface area (Å²) in [7, 11) is -9.94. The van der Waals surface area contributed by atoms with Crippen LogP contribution in [0.3, 0.4) is 0 Å². The Labute approximate surface area is 259 Å². The van der Waals surface area contributed by atoms with Crippen LogP contribution in [-0.4, -0.2) is 35.2 Å². The highest BCUT2D eigenvalue weighted by Crippen LogP contribution is 3.04. The third-order valence-electron chi connectivity index (χ3n) is 6.93. The molecule has 0 unspecified atom stereocenters. The number of nitrogens with zero attached hydrogens (tertiary/aromatic N) is 5. The molecule has 0 amide bonds. The number of pyridine rings is 1. The maximum Gasteiger partial charge on any atom is 0.318 e. The molecule has 0 fully saturated rings. The molecule has 5 rings (SSSR count). The lowest BCUT2D eigenvalue weighted by atomic mass is 9.97. The van der Waals surface area contributed by atoms with Crippen molar-refractivity contribution in [3.63, 3.8) is 0 Å². The number of halogens is 8. The number of nitriles is 1. The fourth-order valence-corrected chi connectivity index (χ4v) is 6.87. The molecular formula is C27H21F8N7O2S2. The highest BCUT2D eigenvalue weighted by molar-refractivity contribution is 8.46. The predicted molar refractivity (Wildman–Crippen MR) is 157 cm³/mol. The quantitative estimate of drug-likeness (QED) is 0.147. The monoisotopic (exact) mass is 691 g/mol. The molecule has 1 aliphatic rings. The Bertz CT molecular complexity index is 2010. The zero-order valence-corrected chi connectivity index (χ0v) is 25.2. The van der Waals surface area contributed by atoms with Crippen LogP contribution >= 0.6 is 22.0 Å². The summed E-state index contributed by atoms with van der Waals surface area (Å²) in [5.74, 6) is -6.21. The van der Waals surface area contributed by atoms with Crippen molar-refractivity contribution in [2.24, 2.45) is 5.73 Å². The van der Waals surface area contributed by atoms with Crippen molar-refractivity contribution in [3.05, 3.63) is 64.6 Å². The smallest absolute Gasteiger partial charge is 0.318 e. The number of rotatable bonds is 7. The van der Waals surface area contributed by atoms with Crippen LogP contribution in [0, 0.1) is 28.8 Å². The van der Waals surface area contributed by atoms with Gasteiger partial charge in [-0.3, -0.25) is 0 Å². The van der Waals surface area contributed by atoms with E-state index in [9.17, 15) is 14.0 Å². The van der Waals surface area contributed by atoms with Crippen LogP contribution in [0.1, 0.15) is 24.1 Å². The van der Waals surface area contributed by atoms with Crippen LogP contribution < -0.4 is 25.8 Å². The Kier molecular flexibility index (Phi) is 7.40. The molecule has 1 atom stereocenters. The number of ether oxygens (including phenoxy) is 2. The molecule has 9 nitrogen and oxygen atoms in total. The molecule has 2 aromatic carbocycles. The average Bonchev–Trinajstić information content (AvgIpc) is 3.14. The molecule has 19 heteroatoms. The van der Waals surface area contributed by atoms with Crippen molar-refractivity contribution >= 4 is 44.5 Å². The van der Waals surface area contributed by atoms with Gasteiger partial charge in [-0.1, -0.05) is 37.8 Å². The van der Waals surface area contributed by atoms with Crippen LogP contribution in [0.25, 0.3) is 22.0 Å². The van der Waals surface area contributed by atoms with Crippen molar-refractivity contribution in [3.8, 4) is 29.0 Å². The van der Waals surface area contributed by atoms with Crippen molar-refractivity contribution in [1.82, 2.24) is 15.0 Å². The summed E-state index contributed by atoms with van der Waals surface area (Å²) in [6.45, 7) is 3.71. The van der Waals surface area contributed by atoms with E-state index in [0.29, 0.717) is 23.9 Å². The summed E-state index contributed by atoms with van der Waals surface area (Å²) >= 11 is 0.321. The lowest BCUT2D eigenvalue weighted by Crippen LogP contribution is -2.31. The van der Waals surface area contributed by atoms with E-state index in [-0.39, 0.29) is 23.0 Å². The van der Waals surface area contributed by atoms with Gasteiger partial charge in [0.25, 0.3) is 0 Å². The molecule has 0 radical (unpaired) electrons. The zero-order valence-electron chi connectivity index (χ0n) is 23.6. The van der Waals surface area contributed by atoms with Crippen LogP contribution in [0.4, 0.5) is 44.2 Å². The Hall–Kier alpha value is -4.70. The molecule has 0 bridgehead atoms. The van der Waals surface area contributed by atoms with Crippen molar-refractivity contribution in [1.29, 1.82) is 5.26 Å². The number of nitrogen functional groups attached to an aromatic ring is 1. The number of hydrogen-bond donors (Lipinski definition) is 2. The van der Waals surface area contributed by atoms with Gasteiger partial charge < -0.3 is 25.8 Å². The van der Waals surface area contributed by atoms with E-state index >= 15 is 23.8 Å². The van der Waals surface area contributed by atoms with E-state index < -0.39 is 95.3 Å². The van der Waals surface area contributed by atoms with Gasteiger partial charge in [0.1, 0.15) is 41.5 Å². The van der Waals surface area contributed by atoms with Crippen LogP contribution in [0.5, 0.6) is 11.8 Å². The minimum Gasteiger partial charge on any atom is -0.489 e. The van der Waals surface area contributed by atoms with Crippen molar-refractivity contribution < 1.29 is 42.1 Å². The second-order valence-corrected chi connectivity index (χ2v) is 13.4. The summed E-state index contributed by atoms with van der Waals surface area (Å²) in [5.41, 5.74) is 6.68. The molecular weight excluding hydrogens is 670 g/mol. The second-order valence-electron chi connectivity index (χ2n) is 9.90. The summed E-state index contributed by atoms with van der Waals surface area (Å²) in [5, 5.41) is 8.64. The third-order valence-corrected chi connectivity index (χ3v) is 8.96. The van der Waals surface area contributed by atoms with Gasteiger partial charge >= 0.3 is 16.2 Å². The number of thioether (sulfide) groups is 1. The SMILES string of the molecule is C=C(N)Sc1c(F)ccc(-c2c(S(F)(F)(F)(F)F)c3c4c(nc(OC)nc4c2F)N([C@H](C)c2cc(F)cnc2N)CCO3)c1C#N. The molecule has 2 aromatic heterocycles. The van der Waals surface area contributed by atoms with Crippen LogP contribution in [-0.2, 0) is 0 Å². The standard InChI is InChI=1S/C27H21F8N7O2S2/c1-11(15-8-13(28)10-39-25(15)38)42-6-7-44-22-19-21(40-27(43-3)41-26(19)42)20(30)18(24(22)46(31,32,33,34)35)14-4-5-17(29)23(16(14)9-36)45-12(2)37/h4-5,8,10-11H,2,6-7,37H2,1,3H3,(H2,38,39)/t11-/m1/s1. The van der Waals surface area contributed by atoms with E-state index in [0.717, 1.165) is 19.4 Å². The van der Waals surface area contributed by atoms with E-state index in [1.807, 2.05) is 0 Å². The van der Waals surface area contributed by atoms with E-state index in [1.54, 1.807) is 0 Å². The molecule has 0 saturated carbocycles. The van der Waals surface area contributed by atoms with Crippen LogP contribution in [0.15, 0.2) is 45.8 Å². The molecule has 0 saturated heterocycles. The molecule has 0 aliphatic carbocycles. The normalized spacial score (nSPS) is 15.3. The number of nitrogens with two attached hydrogens (primary N) is 2. The Morgan fingerprint density at radius 3 is 2.50 bits per heavy atom. The number of anilines is 2. The molecule has 4 N–H and O–H groups in total. The number of methoxy groups -OCH3 is 1. The maximum absolute atomic E-state index is 16.7. The first-order valence-electron chi connectivity index (χ1n) is 12.8. The summed E-state index contributed by atoms with van der Waals surface area (Å²) in [6.07, 6.45) is 0.828. The molecule has 244 valence electrons. The van der Waals surface area contributed by atoms with Gasteiger partial charge in [-0.15, -0.1) is 0 Å². The lowest BCUT2D eigenvalue weighted by Gasteiger charge is -2.42. The summed E-state index contributed by atoms with van der Waals surface area (Å²) in [4.78, 5) is 9.32. The van der Waals surface area contributed by atoms with Gasteiger partial charge in [0.15, 0.2) is 16.5 Å². The molecule has 1 aliphatic heterocycles. The van der Waals surface area contributed by atoms with Gasteiger partial charge in [-0.25, -0.2) is 18.2 Å². The first-order valence-corrected chi connectivity index (χ1v) is 15.5. The van der Waals surface area contributed by atoms with Crippen LogP contribution in [0.2, 0.25) is 0 Å². The van der Waals surface area contributed by atoms with Crippen molar-refractivity contribution in [2.45, 2.75) is 22.8 Å². The Morgan fingerprint density at radius 2 is 1.89 bits per heavy atom. The molecule has 0 spiro atoms. The first kappa shape index (κ1) is 32.7. The van der Waals surface area contributed by atoms with E-state index in [4.69, 9.17) is 20.9 Å². The predicted octanol–water partition coefficient (Wildman–Crippen LogP) is 7.71. The summed E-state index contributed by atoms with van der Waals surface area (Å²) < 4.78 is 132. The zero-order chi connectivity index (χ0) is 34.0.